The Balaban J connectivity index is 1.79. The molecule has 238 valence electrons. The highest BCUT2D eigenvalue weighted by molar-refractivity contribution is 5.99. The average molecular weight is 619 g/mol. The van der Waals surface area contributed by atoms with Crippen LogP contribution in [0.3, 0.4) is 0 Å². The molecule has 4 atom stereocenters. The Labute approximate surface area is 252 Å². The van der Waals surface area contributed by atoms with Crippen LogP contribution in [-0.2, 0) is 20.9 Å². The van der Waals surface area contributed by atoms with Gasteiger partial charge >= 0.3 is 6.16 Å². The SMILES string of the molecule is CC(C)=NOC1CCC(C)N2CC1n1cc(C(=O)NCc3ccc(F)cc3F)c(=O)c(OC(C)OC(=O)OC(C)C)c1C2=O. The van der Waals surface area contributed by atoms with E-state index in [4.69, 9.17) is 19.0 Å². The smallest absolute Gasteiger partial charge is 0.448 e. The quantitative estimate of drug-likeness (QED) is 0.190. The third-order valence-electron chi connectivity index (χ3n) is 7.17. The van der Waals surface area contributed by atoms with Crippen molar-refractivity contribution in [2.24, 2.45) is 5.16 Å². The van der Waals surface area contributed by atoms with Gasteiger partial charge in [0.1, 0.15) is 23.3 Å². The molecular formula is C30H36F2N4O8. The van der Waals surface area contributed by atoms with Crippen LogP contribution in [0.4, 0.5) is 13.6 Å². The Morgan fingerprint density at radius 3 is 2.50 bits per heavy atom. The first-order valence-electron chi connectivity index (χ1n) is 14.3. The van der Waals surface area contributed by atoms with Crippen LogP contribution in [-0.4, -0.2) is 64.2 Å². The molecule has 4 rings (SSSR count). The maximum absolute atomic E-state index is 14.2. The van der Waals surface area contributed by atoms with Gasteiger partial charge < -0.3 is 33.8 Å². The third kappa shape index (κ3) is 7.17. The topological polar surface area (TPSA) is 138 Å². The van der Waals surface area contributed by atoms with E-state index in [9.17, 15) is 28.0 Å². The van der Waals surface area contributed by atoms with Crippen LogP contribution >= 0.6 is 0 Å². The lowest BCUT2D eigenvalue weighted by Crippen LogP contribution is -2.49. The van der Waals surface area contributed by atoms with Crippen molar-refractivity contribution < 1.29 is 42.2 Å². The summed E-state index contributed by atoms with van der Waals surface area (Å²) in [4.78, 5) is 60.7. The maximum atomic E-state index is 14.2. The van der Waals surface area contributed by atoms with Gasteiger partial charge in [0.05, 0.1) is 17.9 Å². The van der Waals surface area contributed by atoms with Gasteiger partial charge in [-0.25, -0.2) is 13.6 Å². The summed E-state index contributed by atoms with van der Waals surface area (Å²) in [6.45, 7) is 9.83. The molecule has 1 aromatic heterocycles. The minimum absolute atomic E-state index is 0.00944. The lowest BCUT2D eigenvalue weighted by molar-refractivity contribution is -0.0620. The van der Waals surface area contributed by atoms with Crippen molar-refractivity contribution in [3.8, 4) is 5.75 Å². The van der Waals surface area contributed by atoms with Gasteiger partial charge in [-0.1, -0.05) is 11.2 Å². The molecule has 2 aliphatic heterocycles. The molecule has 1 fully saturated rings. The predicted octanol–water partition coefficient (Wildman–Crippen LogP) is 4.30. The lowest BCUT2D eigenvalue weighted by atomic mass is 10.0. The number of pyridine rings is 1. The van der Waals surface area contributed by atoms with E-state index in [0.29, 0.717) is 24.6 Å². The highest BCUT2D eigenvalue weighted by Gasteiger charge is 2.44. The Hall–Kier alpha value is -4.49. The van der Waals surface area contributed by atoms with Gasteiger partial charge in [-0.05, 0) is 53.5 Å². The molecule has 12 nitrogen and oxygen atoms in total. The number of hydrogen-bond acceptors (Lipinski definition) is 9. The molecule has 0 saturated carbocycles. The fourth-order valence-corrected chi connectivity index (χ4v) is 5.07. The second-order valence-electron chi connectivity index (χ2n) is 11.2. The van der Waals surface area contributed by atoms with Crippen molar-refractivity contribution in [3.05, 3.63) is 63.1 Å². The zero-order valence-corrected chi connectivity index (χ0v) is 25.4. The number of hydrogen-bond donors (Lipinski definition) is 1. The van der Waals surface area contributed by atoms with E-state index in [2.05, 4.69) is 10.5 Å². The van der Waals surface area contributed by atoms with E-state index in [0.717, 1.165) is 6.07 Å². The van der Waals surface area contributed by atoms with Crippen molar-refractivity contribution in [2.45, 2.75) is 91.5 Å². The number of nitrogens with zero attached hydrogens (tertiary/aromatic N) is 3. The molecule has 14 heteroatoms. The first kappa shape index (κ1) is 32.4. The van der Waals surface area contributed by atoms with Crippen molar-refractivity contribution in [3.63, 3.8) is 0 Å². The van der Waals surface area contributed by atoms with Crippen LogP contribution < -0.4 is 15.5 Å². The molecule has 0 aliphatic carbocycles. The normalized spacial score (nSPS) is 19.8. The summed E-state index contributed by atoms with van der Waals surface area (Å²) in [7, 11) is 0. The van der Waals surface area contributed by atoms with Gasteiger partial charge in [-0.15, -0.1) is 0 Å². The number of benzene rings is 1. The van der Waals surface area contributed by atoms with Gasteiger partial charge in [-0.2, -0.15) is 0 Å². The summed E-state index contributed by atoms with van der Waals surface area (Å²) in [6, 6.07) is 2.10. The Bertz CT molecular complexity index is 1520. The van der Waals surface area contributed by atoms with E-state index in [1.807, 2.05) is 6.92 Å². The largest absolute Gasteiger partial charge is 0.511 e. The second-order valence-corrected chi connectivity index (χ2v) is 11.2. The van der Waals surface area contributed by atoms with Crippen molar-refractivity contribution in [1.82, 2.24) is 14.8 Å². The molecule has 0 spiro atoms. The van der Waals surface area contributed by atoms with E-state index in [-0.39, 0.29) is 30.4 Å². The van der Waals surface area contributed by atoms with Crippen molar-refractivity contribution in [2.75, 3.05) is 6.54 Å². The number of carbonyl (C=O) groups excluding carboxylic acids is 3. The number of carbonyl (C=O) groups is 3. The highest BCUT2D eigenvalue weighted by Crippen LogP contribution is 2.36. The first-order chi connectivity index (χ1) is 20.8. The van der Waals surface area contributed by atoms with E-state index in [1.54, 1.807) is 32.6 Å². The lowest BCUT2D eigenvalue weighted by Gasteiger charge is -2.38. The summed E-state index contributed by atoms with van der Waals surface area (Å²) >= 11 is 0. The van der Waals surface area contributed by atoms with Gasteiger partial charge in [0, 0.05) is 43.9 Å². The highest BCUT2D eigenvalue weighted by atomic mass is 19.1. The number of nitrogens with one attached hydrogen (secondary N) is 1. The number of ether oxygens (including phenoxy) is 3. The van der Waals surface area contributed by atoms with Crippen molar-refractivity contribution in [1.29, 1.82) is 0 Å². The molecule has 2 aromatic rings. The zero-order valence-electron chi connectivity index (χ0n) is 25.4. The molecule has 2 amide bonds. The minimum atomic E-state index is -1.39. The molecule has 1 saturated heterocycles. The molecule has 2 aliphatic rings. The minimum Gasteiger partial charge on any atom is -0.448 e. The van der Waals surface area contributed by atoms with Crippen LogP contribution in [0.2, 0.25) is 0 Å². The predicted molar refractivity (Wildman–Crippen MR) is 153 cm³/mol. The maximum Gasteiger partial charge on any atom is 0.511 e. The standard InChI is InChI=1S/C30H36F2N4O8/c1-15(2)34-44-24-10-7-17(5)35-14-23(24)36-13-21(28(38)33-12-19-8-9-20(31)11-22(19)32)26(37)27(25(36)29(35)39)42-18(6)43-30(40)41-16(3)4/h8-9,11,13,16-18,23-24H,7,10,12,14H2,1-6H3,(H,33,38). The number of rotatable bonds is 9. The van der Waals surface area contributed by atoms with Gasteiger partial charge in [-0.3, -0.25) is 14.4 Å². The Morgan fingerprint density at radius 2 is 1.84 bits per heavy atom. The molecule has 4 unspecified atom stereocenters. The Kier molecular flexibility index (Phi) is 9.90. The van der Waals surface area contributed by atoms with Crippen LogP contribution in [0.5, 0.6) is 5.75 Å². The monoisotopic (exact) mass is 618 g/mol. The number of aromatic nitrogens is 1. The fraction of sp³-hybridized carbons (Fsp3) is 0.500. The summed E-state index contributed by atoms with van der Waals surface area (Å²) in [5, 5.41) is 6.60. The number of fused-ring (bicyclic) bond motifs is 4. The second kappa shape index (κ2) is 13.4. The van der Waals surface area contributed by atoms with Gasteiger partial charge in [0.15, 0.2) is 5.69 Å². The van der Waals surface area contributed by atoms with Crippen LogP contribution in [0.1, 0.15) is 86.8 Å². The third-order valence-corrected chi connectivity index (χ3v) is 7.17. The number of oxime groups is 1. The summed E-state index contributed by atoms with van der Waals surface area (Å²) in [5.74, 6) is -3.59. The van der Waals surface area contributed by atoms with Crippen LogP contribution in [0, 0.1) is 11.6 Å². The molecule has 3 heterocycles. The van der Waals surface area contributed by atoms with E-state index < -0.39 is 70.9 Å². The molecular weight excluding hydrogens is 582 g/mol. The van der Waals surface area contributed by atoms with Crippen LogP contribution in [0.15, 0.2) is 34.3 Å². The first-order valence-corrected chi connectivity index (χ1v) is 14.3. The van der Waals surface area contributed by atoms with E-state index in [1.165, 1.54) is 23.8 Å². The molecule has 2 bridgehead atoms. The average Bonchev–Trinajstić information content (AvgIpc) is 3.07. The number of amides is 2. The summed E-state index contributed by atoms with van der Waals surface area (Å²) in [6.07, 6.45) is -1.15. The van der Waals surface area contributed by atoms with Gasteiger partial charge in [0.25, 0.3) is 11.8 Å². The molecule has 1 aromatic carbocycles. The van der Waals surface area contributed by atoms with E-state index >= 15 is 0 Å². The fourth-order valence-electron chi connectivity index (χ4n) is 5.07. The molecule has 44 heavy (non-hydrogen) atoms. The number of halogens is 2. The Morgan fingerprint density at radius 1 is 1.11 bits per heavy atom. The zero-order chi connectivity index (χ0) is 32.3. The van der Waals surface area contributed by atoms with Crippen molar-refractivity contribution >= 4 is 23.7 Å². The molecule has 1 N–H and O–H groups in total. The molecule has 0 radical (unpaired) electrons. The van der Waals surface area contributed by atoms with Crippen LogP contribution in [0.25, 0.3) is 0 Å². The summed E-state index contributed by atoms with van der Waals surface area (Å²) < 4.78 is 44.9. The van der Waals surface area contributed by atoms with Gasteiger partial charge in [0.2, 0.25) is 17.5 Å². The summed E-state index contributed by atoms with van der Waals surface area (Å²) in [5.41, 5.74) is -0.871.